The number of hydrogen-bond acceptors (Lipinski definition) is 2. The zero-order chi connectivity index (χ0) is 9.97. The summed E-state index contributed by atoms with van der Waals surface area (Å²) in [6, 6.07) is 8.05. The molecular weight excluding hydrogens is 176 g/mol. The SMILES string of the molecule is CCn1nc2ccccc2c1CCO. The fraction of sp³-hybridized carbons (Fsp3) is 0.364. The highest BCUT2D eigenvalue weighted by atomic mass is 16.3. The Hall–Kier alpha value is -1.35. The van der Waals surface area contributed by atoms with Crippen LogP contribution in [-0.2, 0) is 13.0 Å². The molecule has 1 N–H and O–H groups in total. The molecule has 1 heterocycles. The van der Waals surface area contributed by atoms with Gasteiger partial charge in [-0.25, -0.2) is 0 Å². The highest BCUT2D eigenvalue weighted by molar-refractivity contribution is 5.81. The predicted molar refractivity (Wildman–Crippen MR) is 56.2 cm³/mol. The van der Waals surface area contributed by atoms with E-state index < -0.39 is 0 Å². The summed E-state index contributed by atoms with van der Waals surface area (Å²) in [5.41, 5.74) is 2.14. The summed E-state index contributed by atoms with van der Waals surface area (Å²) in [6.45, 7) is 3.09. The summed E-state index contributed by atoms with van der Waals surface area (Å²) >= 11 is 0. The van der Waals surface area contributed by atoms with E-state index in [-0.39, 0.29) is 6.61 Å². The molecule has 0 radical (unpaired) electrons. The molecule has 0 saturated carbocycles. The molecule has 2 rings (SSSR count). The van der Waals surface area contributed by atoms with Crippen LogP contribution in [-0.4, -0.2) is 21.5 Å². The van der Waals surface area contributed by atoms with E-state index in [1.807, 2.05) is 22.9 Å². The third-order valence-corrected chi connectivity index (χ3v) is 2.40. The van der Waals surface area contributed by atoms with Crippen molar-refractivity contribution in [2.24, 2.45) is 0 Å². The number of fused-ring (bicyclic) bond motifs is 1. The quantitative estimate of drug-likeness (QED) is 0.798. The molecule has 0 bridgehead atoms. The fourth-order valence-corrected chi connectivity index (χ4v) is 1.77. The summed E-state index contributed by atoms with van der Waals surface area (Å²) in [5.74, 6) is 0. The lowest BCUT2D eigenvalue weighted by Gasteiger charge is -2.02. The summed E-state index contributed by atoms with van der Waals surface area (Å²) in [7, 11) is 0. The average molecular weight is 190 g/mol. The Labute approximate surface area is 83.0 Å². The van der Waals surface area contributed by atoms with Gasteiger partial charge in [-0.05, 0) is 13.0 Å². The molecule has 0 saturated heterocycles. The topological polar surface area (TPSA) is 38.0 Å². The minimum atomic E-state index is 0.176. The van der Waals surface area contributed by atoms with Gasteiger partial charge >= 0.3 is 0 Å². The van der Waals surface area contributed by atoms with Crippen molar-refractivity contribution < 1.29 is 5.11 Å². The Morgan fingerprint density at radius 2 is 2.14 bits per heavy atom. The van der Waals surface area contributed by atoms with Crippen LogP contribution in [0.4, 0.5) is 0 Å². The number of benzene rings is 1. The van der Waals surface area contributed by atoms with E-state index >= 15 is 0 Å². The zero-order valence-electron chi connectivity index (χ0n) is 8.27. The minimum absolute atomic E-state index is 0.176. The van der Waals surface area contributed by atoms with Gasteiger partial charge in [0.05, 0.1) is 5.52 Å². The highest BCUT2D eigenvalue weighted by Gasteiger charge is 2.07. The number of hydrogen-bond donors (Lipinski definition) is 1. The fourth-order valence-electron chi connectivity index (χ4n) is 1.77. The molecule has 0 aliphatic rings. The van der Waals surface area contributed by atoms with Crippen LogP contribution in [0, 0.1) is 0 Å². The molecule has 0 unspecified atom stereocenters. The van der Waals surface area contributed by atoms with E-state index in [4.69, 9.17) is 5.11 Å². The summed E-state index contributed by atoms with van der Waals surface area (Å²) < 4.78 is 1.96. The average Bonchev–Trinajstić information content (AvgIpc) is 2.58. The predicted octanol–water partition coefficient (Wildman–Crippen LogP) is 1.59. The number of aliphatic hydroxyl groups is 1. The molecule has 0 atom stereocenters. The van der Waals surface area contributed by atoms with Gasteiger partial charge in [0.1, 0.15) is 0 Å². The molecule has 2 aromatic rings. The number of aliphatic hydroxyl groups excluding tert-OH is 1. The molecule has 0 aliphatic carbocycles. The second-order valence-electron chi connectivity index (χ2n) is 3.25. The molecular formula is C11H14N2O. The van der Waals surface area contributed by atoms with Gasteiger partial charge in [0.2, 0.25) is 0 Å². The maximum atomic E-state index is 8.98. The van der Waals surface area contributed by atoms with Gasteiger partial charge in [-0.1, -0.05) is 18.2 Å². The van der Waals surface area contributed by atoms with E-state index in [1.165, 1.54) is 0 Å². The standard InChI is InChI=1S/C11H14N2O/c1-2-13-11(7-8-14)9-5-3-4-6-10(9)12-13/h3-6,14H,2,7-8H2,1H3. The molecule has 1 aromatic carbocycles. The van der Waals surface area contributed by atoms with Crippen molar-refractivity contribution in [3.8, 4) is 0 Å². The lowest BCUT2D eigenvalue weighted by molar-refractivity contribution is 0.296. The molecule has 74 valence electrons. The van der Waals surface area contributed by atoms with Crippen LogP contribution < -0.4 is 0 Å². The van der Waals surface area contributed by atoms with Crippen molar-refractivity contribution >= 4 is 10.9 Å². The molecule has 3 heteroatoms. The van der Waals surface area contributed by atoms with Gasteiger partial charge in [0, 0.05) is 30.7 Å². The largest absolute Gasteiger partial charge is 0.396 e. The Balaban J connectivity index is 2.61. The lowest BCUT2D eigenvalue weighted by atomic mass is 10.2. The van der Waals surface area contributed by atoms with Crippen molar-refractivity contribution in [3.63, 3.8) is 0 Å². The van der Waals surface area contributed by atoms with Crippen LogP contribution in [0.1, 0.15) is 12.6 Å². The van der Waals surface area contributed by atoms with Crippen molar-refractivity contribution in [1.29, 1.82) is 0 Å². The minimum Gasteiger partial charge on any atom is -0.396 e. The Bertz CT molecular complexity index is 434. The van der Waals surface area contributed by atoms with E-state index in [0.717, 1.165) is 23.1 Å². The van der Waals surface area contributed by atoms with Gasteiger partial charge in [-0.2, -0.15) is 5.10 Å². The molecule has 1 aromatic heterocycles. The summed E-state index contributed by atoms with van der Waals surface area (Å²) in [6.07, 6.45) is 0.675. The molecule has 0 aliphatic heterocycles. The van der Waals surface area contributed by atoms with Crippen molar-refractivity contribution in [2.45, 2.75) is 19.9 Å². The molecule has 0 fully saturated rings. The number of nitrogens with zero attached hydrogens (tertiary/aromatic N) is 2. The smallest absolute Gasteiger partial charge is 0.0926 e. The van der Waals surface area contributed by atoms with Gasteiger partial charge in [0.25, 0.3) is 0 Å². The monoisotopic (exact) mass is 190 g/mol. The second kappa shape index (κ2) is 3.80. The van der Waals surface area contributed by atoms with Crippen molar-refractivity contribution in [2.75, 3.05) is 6.61 Å². The molecule has 0 spiro atoms. The Morgan fingerprint density at radius 1 is 1.36 bits per heavy atom. The van der Waals surface area contributed by atoms with Gasteiger partial charge in [-0.15, -0.1) is 0 Å². The first-order valence-corrected chi connectivity index (χ1v) is 4.92. The Morgan fingerprint density at radius 3 is 2.86 bits per heavy atom. The third kappa shape index (κ3) is 1.40. The van der Waals surface area contributed by atoms with Crippen molar-refractivity contribution in [1.82, 2.24) is 9.78 Å². The van der Waals surface area contributed by atoms with Crippen LogP contribution in [0.25, 0.3) is 10.9 Å². The van der Waals surface area contributed by atoms with Gasteiger partial charge < -0.3 is 5.11 Å². The van der Waals surface area contributed by atoms with Crippen LogP contribution in [0.2, 0.25) is 0 Å². The molecule has 14 heavy (non-hydrogen) atoms. The van der Waals surface area contributed by atoms with Crippen LogP contribution >= 0.6 is 0 Å². The van der Waals surface area contributed by atoms with E-state index in [9.17, 15) is 0 Å². The number of rotatable bonds is 3. The first-order chi connectivity index (χ1) is 6.86. The second-order valence-corrected chi connectivity index (χ2v) is 3.25. The lowest BCUT2D eigenvalue weighted by Crippen LogP contribution is -2.04. The maximum absolute atomic E-state index is 8.98. The maximum Gasteiger partial charge on any atom is 0.0926 e. The molecule has 0 amide bonds. The molecule has 3 nitrogen and oxygen atoms in total. The van der Waals surface area contributed by atoms with E-state index in [2.05, 4.69) is 18.1 Å². The van der Waals surface area contributed by atoms with E-state index in [0.29, 0.717) is 6.42 Å². The third-order valence-electron chi connectivity index (χ3n) is 2.40. The van der Waals surface area contributed by atoms with E-state index in [1.54, 1.807) is 0 Å². The summed E-state index contributed by atoms with van der Waals surface area (Å²) in [4.78, 5) is 0. The van der Waals surface area contributed by atoms with Crippen LogP contribution in [0.3, 0.4) is 0 Å². The normalized spacial score (nSPS) is 11.0. The number of aromatic nitrogens is 2. The van der Waals surface area contributed by atoms with Crippen molar-refractivity contribution in [3.05, 3.63) is 30.0 Å². The first-order valence-electron chi connectivity index (χ1n) is 4.92. The zero-order valence-corrected chi connectivity index (χ0v) is 8.27. The Kier molecular flexibility index (Phi) is 2.50. The van der Waals surface area contributed by atoms with Crippen LogP contribution in [0.15, 0.2) is 24.3 Å². The van der Waals surface area contributed by atoms with Gasteiger partial charge in [-0.3, -0.25) is 4.68 Å². The number of aryl methyl sites for hydroxylation is 1. The van der Waals surface area contributed by atoms with Crippen LogP contribution in [0.5, 0.6) is 0 Å². The summed E-state index contributed by atoms with van der Waals surface area (Å²) in [5, 5.41) is 14.6. The van der Waals surface area contributed by atoms with Gasteiger partial charge in [0.15, 0.2) is 0 Å². The highest BCUT2D eigenvalue weighted by Crippen LogP contribution is 2.18. The first kappa shape index (κ1) is 9.21.